The third-order valence-electron chi connectivity index (χ3n) is 6.35. The van der Waals surface area contributed by atoms with Gasteiger partial charge >= 0.3 is 4.87 Å². The molecule has 3 N–H and O–H groups in total. The number of aromatic nitrogens is 2. The lowest BCUT2D eigenvalue weighted by Gasteiger charge is -2.27. The Morgan fingerprint density at radius 3 is 2.58 bits per heavy atom. The maximum Gasteiger partial charge on any atom is 0.322 e. The van der Waals surface area contributed by atoms with Crippen LogP contribution in [-0.2, 0) is 0 Å². The van der Waals surface area contributed by atoms with Crippen LogP contribution in [0.15, 0.2) is 75.0 Å². The first-order chi connectivity index (χ1) is 18.4. The van der Waals surface area contributed by atoms with E-state index in [9.17, 15) is 9.59 Å². The number of carbonyl (C=O) groups is 1. The molecule has 3 heterocycles. The molecule has 0 aliphatic carbocycles. The van der Waals surface area contributed by atoms with Gasteiger partial charge in [-0.15, -0.1) is 11.8 Å². The molecule has 3 aromatic rings. The van der Waals surface area contributed by atoms with E-state index in [1.165, 1.54) is 23.3 Å². The number of nitrogens with zero attached hydrogens (tertiary/aromatic N) is 3. The summed E-state index contributed by atoms with van der Waals surface area (Å²) in [5.74, 6) is 1.58. The lowest BCUT2D eigenvalue weighted by molar-refractivity contribution is 0.1000. The van der Waals surface area contributed by atoms with Crippen LogP contribution in [0, 0.1) is 0 Å². The number of ether oxygens (including phenoxy) is 1. The van der Waals surface area contributed by atoms with E-state index in [-0.39, 0.29) is 4.87 Å². The summed E-state index contributed by atoms with van der Waals surface area (Å²) in [5.41, 5.74) is 9.07. The Hall–Kier alpha value is -3.21. The van der Waals surface area contributed by atoms with Gasteiger partial charge in [0.1, 0.15) is 17.4 Å². The Morgan fingerprint density at radius 2 is 1.95 bits per heavy atom. The number of nitrogens with one attached hydrogen (secondary N) is 1. The number of amides is 1. The number of allylic oxidation sites excluding steroid dienone is 1. The molecule has 1 amide bonds. The third-order valence-corrected chi connectivity index (χ3v) is 8.38. The summed E-state index contributed by atoms with van der Waals surface area (Å²) in [5, 5.41) is 7.47. The first-order valence-electron chi connectivity index (χ1n) is 12.7. The van der Waals surface area contributed by atoms with E-state index in [1.54, 1.807) is 36.0 Å². The number of thioether (sulfide) groups is 1. The first kappa shape index (κ1) is 27.8. The van der Waals surface area contributed by atoms with Gasteiger partial charge in [-0.3, -0.25) is 14.6 Å². The number of benzene rings is 2. The highest BCUT2D eigenvalue weighted by Crippen LogP contribution is 2.30. The van der Waals surface area contributed by atoms with Crippen molar-refractivity contribution in [1.82, 2.24) is 15.1 Å². The minimum absolute atomic E-state index is 0.0387. The number of aromatic amines is 1. The number of likely N-dealkylation sites (tertiary alicyclic amines) is 1. The number of rotatable bonds is 7. The Kier molecular flexibility index (Phi) is 9.91. The highest BCUT2D eigenvalue weighted by atomic mass is 32.2. The number of carbonyl (C=O) groups excluding carboxylic acids is 1. The predicted octanol–water partition coefficient (Wildman–Crippen LogP) is 4.66. The molecule has 1 atom stereocenters. The zero-order valence-electron chi connectivity index (χ0n) is 21.7. The number of hydrogen-bond donors (Lipinski definition) is 2. The van der Waals surface area contributed by atoms with Crippen LogP contribution in [0.25, 0.3) is 0 Å². The summed E-state index contributed by atoms with van der Waals surface area (Å²) in [6, 6.07) is 17.1. The molecular formula is C28H33N5O3S2. The molecule has 0 bridgehead atoms. The van der Waals surface area contributed by atoms with Crippen LogP contribution < -0.4 is 15.3 Å². The van der Waals surface area contributed by atoms with Crippen LogP contribution >= 0.6 is 23.1 Å². The van der Waals surface area contributed by atoms with Crippen molar-refractivity contribution in [3.8, 4) is 5.75 Å². The molecule has 1 saturated heterocycles. The highest BCUT2D eigenvalue weighted by molar-refractivity contribution is 8.03. The van der Waals surface area contributed by atoms with Crippen molar-refractivity contribution in [2.75, 3.05) is 32.5 Å². The molecule has 8 nitrogen and oxygen atoms in total. The molecule has 1 aromatic heterocycles. The van der Waals surface area contributed by atoms with Gasteiger partial charge in [0.05, 0.1) is 11.4 Å². The van der Waals surface area contributed by atoms with Crippen LogP contribution in [0.2, 0.25) is 0 Å². The van der Waals surface area contributed by atoms with Gasteiger partial charge in [-0.25, -0.2) is 5.10 Å². The first-order valence-corrected chi connectivity index (χ1v) is 14.5. The summed E-state index contributed by atoms with van der Waals surface area (Å²) in [6.45, 7) is 4.78. The van der Waals surface area contributed by atoms with E-state index in [0.717, 1.165) is 53.0 Å². The van der Waals surface area contributed by atoms with E-state index >= 15 is 0 Å². The fourth-order valence-electron chi connectivity index (χ4n) is 4.32. The van der Waals surface area contributed by atoms with E-state index < -0.39 is 5.91 Å². The summed E-state index contributed by atoms with van der Waals surface area (Å²) in [6.07, 6.45) is 3.22. The molecule has 1 fully saturated rings. The number of piperidine rings is 1. The lowest BCUT2D eigenvalue weighted by Crippen LogP contribution is -2.30. The Labute approximate surface area is 231 Å². The van der Waals surface area contributed by atoms with E-state index in [1.807, 2.05) is 18.2 Å². The molecule has 5 rings (SSSR count). The molecule has 0 unspecified atom stereocenters. The molecule has 2 aliphatic heterocycles. The average Bonchev–Trinajstić information content (AvgIpc) is 3.39. The third kappa shape index (κ3) is 7.66. The van der Waals surface area contributed by atoms with Gasteiger partial charge in [0.15, 0.2) is 0 Å². The molecule has 0 saturated carbocycles. The van der Waals surface area contributed by atoms with Gasteiger partial charge in [0, 0.05) is 28.7 Å². The number of aliphatic imine (C=N–C) groups is 1. The van der Waals surface area contributed by atoms with E-state index in [2.05, 4.69) is 41.2 Å². The van der Waals surface area contributed by atoms with Crippen molar-refractivity contribution in [2.45, 2.75) is 32.1 Å². The van der Waals surface area contributed by atoms with Crippen LogP contribution in [0.3, 0.4) is 0 Å². The minimum Gasteiger partial charge on any atom is -0.488 e. The SMILES string of the molecule is CCC1=C(COc2ccc(C(N)=O)cc2)SCC(c2ccccc2)=N1.CN1CCC[C@@H](c2n[nH]c(=O)s2)C1. The lowest BCUT2D eigenvalue weighted by atomic mass is 9.99. The van der Waals surface area contributed by atoms with Crippen molar-refractivity contribution < 1.29 is 9.53 Å². The summed E-state index contributed by atoms with van der Waals surface area (Å²) in [4.78, 5) is 30.2. The Morgan fingerprint density at radius 1 is 1.18 bits per heavy atom. The van der Waals surface area contributed by atoms with Crippen molar-refractivity contribution in [3.05, 3.63) is 91.0 Å². The second-order valence-corrected chi connectivity index (χ2v) is 11.2. The van der Waals surface area contributed by atoms with E-state index in [4.69, 9.17) is 15.5 Å². The van der Waals surface area contributed by atoms with Gasteiger partial charge in [0.2, 0.25) is 5.91 Å². The summed E-state index contributed by atoms with van der Waals surface area (Å²) in [7, 11) is 2.11. The van der Waals surface area contributed by atoms with Crippen molar-refractivity contribution >= 4 is 34.7 Å². The number of nitrogens with two attached hydrogens (primary N) is 1. The van der Waals surface area contributed by atoms with Crippen LogP contribution in [0.5, 0.6) is 5.75 Å². The van der Waals surface area contributed by atoms with Gasteiger partial charge in [-0.05, 0) is 62.7 Å². The fourth-order valence-corrected chi connectivity index (χ4v) is 6.10. The Balaban J connectivity index is 0.000000216. The largest absolute Gasteiger partial charge is 0.488 e. The van der Waals surface area contributed by atoms with Gasteiger partial charge < -0.3 is 15.4 Å². The molecule has 2 aromatic carbocycles. The van der Waals surface area contributed by atoms with Gasteiger partial charge in [0.25, 0.3) is 0 Å². The second kappa shape index (κ2) is 13.5. The number of H-pyrrole nitrogens is 1. The zero-order chi connectivity index (χ0) is 26.9. The van der Waals surface area contributed by atoms with Crippen molar-refractivity contribution in [3.63, 3.8) is 0 Å². The molecule has 0 spiro atoms. The van der Waals surface area contributed by atoms with Crippen LogP contribution in [0.1, 0.15) is 53.0 Å². The van der Waals surface area contributed by atoms with Gasteiger partial charge in [-0.2, -0.15) is 5.10 Å². The second-order valence-electron chi connectivity index (χ2n) is 9.17. The Bertz CT molecular complexity index is 1330. The van der Waals surface area contributed by atoms with Gasteiger partial charge in [-0.1, -0.05) is 48.6 Å². The fraction of sp³-hybridized carbons (Fsp3) is 0.357. The van der Waals surface area contributed by atoms with E-state index in [0.29, 0.717) is 23.8 Å². The van der Waals surface area contributed by atoms with Crippen LogP contribution in [-0.4, -0.2) is 59.2 Å². The smallest absolute Gasteiger partial charge is 0.322 e. The molecule has 0 radical (unpaired) electrons. The number of primary amides is 1. The summed E-state index contributed by atoms with van der Waals surface area (Å²) < 4.78 is 5.85. The molecule has 200 valence electrons. The molecule has 10 heteroatoms. The normalized spacial score (nSPS) is 17.8. The molecule has 2 aliphatic rings. The van der Waals surface area contributed by atoms with Crippen LogP contribution in [0.4, 0.5) is 0 Å². The minimum atomic E-state index is -0.437. The quantitative estimate of drug-likeness (QED) is 0.441. The summed E-state index contributed by atoms with van der Waals surface area (Å²) >= 11 is 3.02. The zero-order valence-corrected chi connectivity index (χ0v) is 23.3. The van der Waals surface area contributed by atoms with Crippen molar-refractivity contribution in [2.24, 2.45) is 10.7 Å². The monoisotopic (exact) mass is 551 g/mol. The molecular weight excluding hydrogens is 518 g/mol. The standard InChI is InChI=1S/C20H20N2O2S.C8H13N3OS/c1-2-17-19(12-24-16-10-8-15(9-11-16)20(21)23)25-13-18(22-17)14-6-4-3-5-7-14;1-11-4-2-3-6(5-11)7-9-10-8(12)13-7/h3-11H,2,12-13H2,1H3,(H2,21,23);6H,2-5H2,1H3,(H,10,12)/t;6-/m.1/s1. The maximum absolute atomic E-state index is 11.1. The highest BCUT2D eigenvalue weighted by Gasteiger charge is 2.21. The van der Waals surface area contributed by atoms with Crippen molar-refractivity contribution in [1.29, 1.82) is 0 Å². The predicted molar refractivity (Wildman–Crippen MR) is 155 cm³/mol. The number of hydrogen-bond acceptors (Lipinski definition) is 8. The number of likely N-dealkylation sites (N-methyl/N-ethyl adjacent to an activating group) is 1. The topological polar surface area (TPSA) is 114 Å². The average molecular weight is 552 g/mol. The molecule has 38 heavy (non-hydrogen) atoms. The maximum atomic E-state index is 11.1.